The van der Waals surface area contributed by atoms with Gasteiger partial charge < -0.3 is 5.32 Å². The molecule has 130 valence electrons. The van der Waals surface area contributed by atoms with E-state index < -0.39 is 0 Å². The fourth-order valence-corrected chi connectivity index (χ4v) is 2.77. The zero-order chi connectivity index (χ0) is 17.8. The summed E-state index contributed by atoms with van der Waals surface area (Å²) in [5.41, 5.74) is 1.50. The average molecular weight is 339 g/mol. The Labute approximate surface area is 145 Å². The van der Waals surface area contributed by atoms with Gasteiger partial charge in [0.1, 0.15) is 18.3 Å². The molecule has 3 aromatic rings. The number of amides is 1. The molecule has 7 heteroatoms. The Kier molecular flexibility index (Phi) is 4.92. The summed E-state index contributed by atoms with van der Waals surface area (Å²) < 4.78 is 2.84. The maximum atomic E-state index is 12.3. The van der Waals surface area contributed by atoms with Crippen LogP contribution in [0.15, 0.2) is 47.7 Å². The highest BCUT2D eigenvalue weighted by molar-refractivity contribution is 5.77. The predicted octanol–water partition coefficient (Wildman–Crippen LogP) is 1.44. The predicted molar refractivity (Wildman–Crippen MR) is 95.3 cm³/mol. The van der Waals surface area contributed by atoms with Gasteiger partial charge in [0, 0.05) is 13.6 Å². The van der Waals surface area contributed by atoms with Crippen LogP contribution < -0.4 is 10.9 Å². The zero-order valence-corrected chi connectivity index (χ0v) is 14.3. The third-order valence-corrected chi connectivity index (χ3v) is 4.30. The van der Waals surface area contributed by atoms with E-state index in [1.54, 1.807) is 7.05 Å². The second-order valence-electron chi connectivity index (χ2n) is 6.13. The number of rotatable bonds is 6. The number of carbonyl (C=O) groups excluding carboxylic acids is 1. The second-order valence-corrected chi connectivity index (χ2v) is 6.13. The maximum Gasteiger partial charge on any atom is 0.264 e. The van der Waals surface area contributed by atoms with Crippen LogP contribution in [-0.2, 0) is 18.4 Å². The SMILES string of the molecule is CC(CCNC(=O)Cn1cnc2c(cnn2C)c1=O)c1ccccc1. The van der Waals surface area contributed by atoms with Crippen LogP contribution in [0.25, 0.3) is 11.0 Å². The molecule has 1 amide bonds. The van der Waals surface area contributed by atoms with Crippen LogP contribution in [0.3, 0.4) is 0 Å². The van der Waals surface area contributed by atoms with Gasteiger partial charge in [-0.3, -0.25) is 18.8 Å². The molecular weight excluding hydrogens is 318 g/mol. The number of nitrogens with zero attached hydrogens (tertiary/aromatic N) is 4. The van der Waals surface area contributed by atoms with Crippen LogP contribution in [0, 0.1) is 0 Å². The third kappa shape index (κ3) is 3.76. The van der Waals surface area contributed by atoms with Gasteiger partial charge in [0.2, 0.25) is 5.91 Å². The summed E-state index contributed by atoms with van der Waals surface area (Å²) in [7, 11) is 1.72. The van der Waals surface area contributed by atoms with Crippen LogP contribution in [0.5, 0.6) is 0 Å². The highest BCUT2D eigenvalue weighted by atomic mass is 16.2. The minimum absolute atomic E-state index is 0.0453. The first-order valence-electron chi connectivity index (χ1n) is 8.25. The van der Waals surface area contributed by atoms with E-state index in [1.807, 2.05) is 18.2 Å². The summed E-state index contributed by atoms with van der Waals surface area (Å²) in [6.45, 7) is 2.65. The molecule has 1 aromatic carbocycles. The maximum absolute atomic E-state index is 12.3. The fourth-order valence-electron chi connectivity index (χ4n) is 2.77. The molecule has 0 aliphatic rings. The van der Waals surface area contributed by atoms with E-state index in [0.29, 0.717) is 23.5 Å². The molecule has 0 fully saturated rings. The standard InChI is InChI=1S/C18H21N5O2/c1-13(14-6-4-3-5-7-14)8-9-19-16(24)11-23-12-20-17-15(18(23)25)10-21-22(17)2/h3-7,10,12-13H,8-9,11H2,1-2H3,(H,19,24). The minimum Gasteiger partial charge on any atom is -0.355 e. The van der Waals surface area contributed by atoms with Gasteiger partial charge in [0.15, 0.2) is 5.65 Å². The van der Waals surface area contributed by atoms with Gasteiger partial charge in [0.25, 0.3) is 5.56 Å². The molecule has 0 radical (unpaired) electrons. The summed E-state index contributed by atoms with van der Waals surface area (Å²) >= 11 is 0. The van der Waals surface area contributed by atoms with E-state index in [1.165, 1.54) is 27.3 Å². The molecule has 1 atom stereocenters. The highest BCUT2D eigenvalue weighted by Gasteiger charge is 2.11. The molecule has 0 aliphatic carbocycles. The monoisotopic (exact) mass is 339 g/mol. The van der Waals surface area contributed by atoms with Crippen LogP contribution in [-0.4, -0.2) is 31.8 Å². The van der Waals surface area contributed by atoms with Crippen LogP contribution in [0.1, 0.15) is 24.8 Å². The Balaban J connectivity index is 1.56. The van der Waals surface area contributed by atoms with Crippen LogP contribution >= 0.6 is 0 Å². The molecule has 0 spiro atoms. The first kappa shape index (κ1) is 16.9. The molecule has 7 nitrogen and oxygen atoms in total. The Hall–Kier alpha value is -2.96. The van der Waals surface area contributed by atoms with E-state index in [0.717, 1.165) is 6.42 Å². The fraction of sp³-hybridized carbons (Fsp3) is 0.333. The number of carbonyl (C=O) groups is 1. The van der Waals surface area contributed by atoms with Crippen LogP contribution in [0.2, 0.25) is 0 Å². The first-order valence-corrected chi connectivity index (χ1v) is 8.25. The lowest BCUT2D eigenvalue weighted by Crippen LogP contribution is -2.33. The normalized spacial score (nSPS) is 12.2. The van der Waals surface area contributed by atoms with E-state index in [9.17, 15) is 9.59 Å². The van der Waals surface area contributed by atoms with Crippen molar-refractivity contribution >= 4 is 16.9 Å². The first-order chi connectivity index (χ1) is 12.1. The molecule has 1 unspecified atom stereocenters. The number of aromatic nitrogens is 4. The smallest absolute Gasteiger partial charge is 0.264 e. The zero-order valence-electron chi connectivity index (χ0n) is 14.3. The molecule has 1 N–H and O–H groups in total. The summed E-state index contributed by atoms with van der Waals surface area (Å²) in [5, 5.41) is 7.29. The van der Waals surface area contributed by atoms with Crippen molar-refractivity contribution in [3.63, 3.8) is 0 Å². The molecule has 2 heterocycles. The number of hydrogen-bond donors (Lipinski definition) is 1. The van der Waals surface area contributed by atoms with Crippen molar-refractivity contribution < 1.29 is 4.79 Å². The number of nitrogens with one attached hydrogen (secondary N) is 1. The van der Waals surface area contributed by atoms with Crippen molar-refractivity contribution in [3.05, 3.63) is 58.8 Å². The lowest BCUT2D eigenvalue weighted by Gasteiger charge is -2.12. The Morgan fingerprint density at radius 2 is 2.04 bits per heavy atom. The minimum atomic E-state index is -0.258. The quantitative estimate of drug-likeness (QED) is 0.737. The van der Waals surface area contributed by atoms with E-state index in [4.69, 9.17) is 0 Å². The average Bonchev–Trinajstić information content (AvgIpc) is 3.00. The number of hydrogen-bond acceptors (Lipinski definition) is 4. The van der Waals surface area contributed by atoms with E-state index in [-0.39, 0.29) is 18.0 Å². The topological polar surface area (TPSA) is 81.8 Å². The molecule has 0 bridgehead atoms. The van der Waals surface area contributed by atoms with Gasteiger partial charge in [-0.15, -0.1) is 0 Å². The summed E-state index contributed by atoms with van der Waals surface area (Å²) in [6.07, 6.45) is 3.70. The molecule has 0 saturated carbocycles. The Morgan fingerprint density at radius 3 is 2.80 bits per heavy atom. The second kappa shape index (κ2) is 7.29. The van der Waals surface area contributed by atoms with Gasteiger partial charge in [-0.1, -0.05) is 37.3 Å². The van der Waals surface area contributed by atoms with Gasteiger partial charge in [0.05, 0.1) is 6.20 Å². The van der Waals surface area contributed by atoms with Crippen molar-refractivity contribution in [2.45, 2.75) is 25.8 Å². The van der Waals surface area contributed by atoms with Gasteiger partial charge in [-0.25, -0.2) is 4.98 Å². The van der Waals surface area contributed by atoms with Gasteiger partial charge >= 0.3 is 0 Å². The Morgan fingerprint density at radius 1 is 1.28 bits per heavy atom. The van der Waals surface area contributed by atoms with E-state index in [2.05, 4.69) is 34.5 Å². The summed E-state index contributed by atoms with van der Waals surface area (Å²) in [6, 6.07) is 10.2. The van der Waals surface area contributed by atoms with Crippen LogP contribution in [0.4, 0.5) is 0 Å². The van der Waals surface area contributed by atoms with Crippen molar-refractivity contribution in [1.29, 1.82) is 0 Å². The molecule has 3 rings (SSSR count). The summed E-state index contributed by atoms with van der Waals surface area (Å²) in [4.78, 5) is 28.6. The lowest BCUT2D eigenvalue weighted by molar-refractivity contribution is -0.121. The highest BCUT2D eigenvalue weighted by Crippen LogP contribution is 2.17. The molecular formula is C18H21N5O2. The van der Waals surface area contributed by atoms with Gasteiger partial charge in [-0.2, -0.15) is 5.10 Å². The molecule has 0 aliphatic heterocycles. The van der Waals surface area contributed by atoms with Crippen molar-refractivity contribution in [3.8, 4) is 0 Å². The Bertz CT molecular complexity index is 930. The van der Waals surface area contributed by atoms with Crippen molar-refractivity contribution in [2.24, 2.45) is 7.05 Å². The lowest BCUT2D eigenvalue weighted by atomic mass is 9.98. The van der Waals surface area contributed by atoms with Gasteiger partial charge in [-0.05, 0) is 17.9 Å². The number of benzene rings is 1. The largest absolute Gasteiger partial charge is 0.355 e. The third-order valence-electron chi connectivity index (χ3n) is 4.30. The number of aryl methyl sites for hydroxylation is 1. The molecule has 25 heavy (non-hydrogen) atoms. The molecule has 2 aromatic heterocycles. The van der Waals surface area contributed by atoms with Crippen molar-refractivity contribution in [1.82, 2.24) is 24.6 Å². The van der Waals surface area contributed by atoms with E-state index >= 15 is 0 Å². The summed E-state index contributed by atoms with van der Waals surface area (Å²) in [5.74, 6) is 0.157. The number of fused-ring (bicyclic) bond motifs is 1. The molecule has 0 saturated heterocycles. The van der Waals surface area contributed by atoms with Crippen molar-refractivity contribution in [2.75, 3.05) is 6.54 Å².